The number of amides is 2. The van der Waals surface area contributed by atoms with Crippen molar-refractivity contribution >= 4 is 33.2 Å². The molecular weight excluding hydrogens is 414 g/mol. The van der Waals surface area contributed by atoms with E-state index < -0.39 is 15.9 Å². The molecule has 1 heterocycles. The number of nitrogens with two attached hydrogens (primary N) is 1. The van der Waals surface area contributed by atoms with E-state index in [2.05, 4.69) is 4.72 Å². The smallest absolute Gasteiger partial charge is 0.261 e. The summed E-state index contributed by atoms with van der Waals surface area (Å²) in [5, 5.41) is 0. The number of primary amides is 1. The SMILES string of the molecule is CC1Cc2cc(S(=O)(=O)Nc3ccc(C(N)=O)cc3)ccc2N1C(=O)c1ccccc1. The lowest BCUT2D eigenvalue weighted by atomic mass is 10.1. The molecule has 2 amide bonds. The molecule has 1 unspecified atom stereocenters. The highest BCUT2D eigenvalue weighted by molar-refractivity contribution is 7.92. The van der Waals surface area contributed by atoms with E-state index in [4.69, 9.17) is 5.73 Å². The zero-order valence-electron chi connectivity index (χ0n) is 16.8. The third kappa shape index (κ3) is 4.02. The number of sulfonamides is 1. The first-order chi connectivity index (χ1) is 14.8. The fraction of sp³-hybridized carbons (Fsp3) is 0.130. The summed E-state index contributed by atoms with van der Waals surface area (Å²) in [6.07, 6.45) is 0.560. The summed E-state index contributed by atoms with van der Waals surface area (Å²) in [7, 11) is -3.84. The number of nitrogens with zero attached hydrogens (tertiary/aromatic N) is 1. The van der Waals surface area contributed by atoms with Gasteiger partial charge in [0.05, 0.1) is 4.90 Å². The molecule has 1 aliphatic rings. The highest BCUT2D eigenvalue weighted by Crippen LogP contribution is 2.35. The quantitative estimate of drug-likeness (QED) is 0.641. The second kappa shape index (κ2) is 7.88. The van der Waals surface area contributed by atoms with Gasteiger partial charge in [-0.1, -0.05) is 18.2 Å². The maximum atomic E-state index is 13.0. The van der Waals surface area contributed by atoms with Crippen LogP contribution in [-0.4, -0.2) is 26.3 Å². The molecule has 8 heteroatoms. The molecule has 4 rings (SSSR count). The van der Waals surface area contributed by atoms with Crippen LogP contribution >= 0.6 is 0 Å². The summed E-state index contributed by atoms with van der Waals surface area (Å²) in [6, 6.07) is 19.5. The molecule has 0 saturated heterocycles. The van der Waals surface area contributed by atoms with Gasteiger partial charge in [-0.3, -0.25) is 14.3 Å². The van der Waals surface area contributed by atoms with Crippen LogP contribution in [-0.2, 0) is 16.4 Å². The minimum absolute atomic E-state index is 0.0880. The van der Waals surface area contributed by atoms with E-state index in [9.17, 15) is 18.0 Å². The number of fused-ring (bicyclic) bond motifs is 1. The zero-order chi connectivity index (χ0) is 22.2. The first kappa shape index (κ1) is 20.6. The molecule has 1 atom stereocenters. The van der Waals surface area contributed by atoms with Crippen molar-refractivity contribution in [1.82, 2.24) is 0 Å². The van der Waals surface area contributed by atoms with Gasteiger partial charge in [0.2, 0.25) is 5.91 Å². The van der Waals surface area contributed by atoms with Gasteiger partial charge in [0.1, 0.15) is 0 Å². The Morgan fingerprint density at radius 3 is 2.29 bits per heavy atom. The van der Waals surface area contributed by atoms with Crippen LogP contribution in [0.15, 0.2) is 77.7 Å². The predicted octanol–water partition coefficient (Wildman–Crippen LogP) is 3.18. The van der Waals surface area contributed by atoms with E-state index >= 15 is 0 Å². The first-order valence-electron chi connectivity index (χ1n) is 9.70. The Bertz CT molecular complexity index is 1260. The monoisotopic (exact) mass is 435 g/mol. The highest BCUT2D eigenvalue weighted by atomic mass is 32.2. The van der Waals surface area contributed by atoms with Crippen LogP contribution in [0.4, 0.5) is 11.4 Å². The highest BCUT2D eigenvalue weighted by Gasteiger charge is 2.32. The number of nitrogens with one attached hydrogen (secondary N) is 1. The summed E-state index contributed by atoms with van der Waals surface area (Å²) in [5.41, 5.74) is 7.91. The van der Waals surface area contributed by atoms with Gasteiger partial charge in [0, 0.05) is 28.5 Å². The second-order valence-corrected chi connectivity index (χ2v) is 9.11. The van der Waals surface area contributed by atoms with Gasteiger partial charge in [0.25, 0.3) is 15.9 Å². The molecule has 0 radical (unpaired) electrons. The maximum absolute atomic E-state index is 13.0. The average molecular weight is 436 g/mol. The Balaban J connectivity index is 1.60. The number of benzene rings is 3. The van der Waals surface area contributed by atoms with Gasteiger partial charge in [-0.2, -0.15) is 0 Å². The van der Waals surface area contributed by atoms with Gasteiger partial charge in [-0.25, -0.2) is 8.42 Å². The molecular formula is C23H21N3O4S. The van der Waals surface area contributed by atoms with E-state index in [1.54, 1.807) is 29.2 Å². The van der Waals surface area contributed by atoms with Crippen molar-refractivity contribution in [2.75, 3.05) is 9.62 Å². The van der Waals surface area contributed by atoms with Crippen LogP contribution in [0.1, 0.15) is 33.2 Å². The normalized spacial score (nSPS) is 15.4. The van der Waals surface area contributed by atoms with E-state index in [0.29, 0.717) is 23.4 Å². The summed E-state index contributed by atoms with van der Waals surface area (Å²) in [5.74, 6) is -0.702. The molecule has 0 spiro atoms. The first-order valence-corrected chi connectivity index (χ1v) is 11.2. The molecule has 0 fully saturated rings. The number of hydrogen-bond acceptors (Lipinski definition) is 4. The third-order valence-corrected chi connectivity index (χ3v) is 6.62. The fourth-order valence-electron chi connectivity index (χ4n) is 3.72. The fourth-order valence-corrected chi connectivity index (χ4v) is 4.83. The molecule has 0 aliphatic carbocycles. The Morgan fingerprint density at radius 1 is 0.968 bits per heavy atom. The van der Waals surface area contributed by atoms with E-state index in [-0.39, 0.29) is 22.4 Å². The van der Waals surface area contributed by atoms with Gasteiger partial charge >= 0.3 is 0 Å². The largest absolute Gasteiger partial charge is 0.366 e. The number of carbonyl (C=O) groups excluding carboxylic acids is 2. The summed E-state index contributed by atoms with van der Waals surface area (Å²) >= 11 is 0. The van der Waals surface area contributed by atoms with Crippen LogP contribution in [0.2, 0.25) is 0 Å². The number of anilines is 2. The molecule has 3 N–H and O–H groups in total. The lowest BCUT2D eigenvalue weighted by Crippen LogP contribution is -2.35. The molecule has 3 aromatic carbocycles. The van der Waals surface area contributed by atoms with Crippen molar-refractivity contribution in [2.45, 2.75) is 24.3 Å². The van der Waals surface area contributed by atoms with Crippen LogP contribution < -0.4 is 15.4 Å². The third-order valence-electron chi connectivity index (χ3n) is 5.24. The van der Waals surface area contributed by atoms with Crippen molar-refractivity contribution in [3.8, 4) is 0 Å². The lowest BCUT2D eigenvalue weighted by Gasteiger charge is -2.23. The molecule has 0 aromatic heterocycles. The molecule has 0 bridgehead atoms. The molecule has 1 aliphatic heterocycles. The van der Waals surface area contributed by atoms with Crippen LogP contribution in [0.3, 0.4) is 0 Å². The Morgan fingerprint density at radius 2 is 1.65 bits per heavy atom. The second-order valence-electron chi connectivity index (χ2n) is 7.43. The van der Waals surface area contributed by atoms with Gasteiger partial charge < -0.3 is 10.6 Å². The Labute approximate surface area is 180 Å². The predicted molar refractivity (Wildman–Crippen MR) is 119 cm³/mol. The van der Waals surface area contributed by atoms with Crippen molar-refractivity contribution in [2.24, 2.45) is 5.73 Å². The van der Waals surface area contributed by atoms with Crippen molar-refractivity contribution in [3.05, 3.63) is 89.5 Å². The Kier molecular flexibility index (Phi) is 5.24. The minimum atomic E-state index is -3.84. The maximum Gasteiger partial charge on any atom is 0.261 e. The molecule has 3 aromatic rings. The average Bonchev–Trinajstić information content (AvgIpc) is 3.08. The van der Waals surface area contributed by atoms with Gasteiger partial charge in [-0.15, -0.1) is 0 Å². The van der Waals surface area contributed by atoms with Crippen molar-refractivity contribution in [3.63, 3.8) is 0 Å². The van der Waals surface area contributed by atoms with Gasteiger partial charge in [-0.05, 0) is 73.5 Å². The van der Waals surface area contributed by atoms with Crippen molar-refractivity contribution in [1.29, 1.82) is 0 Å². The standard InChI is InChI=1S/C23H21N3O4S/c1-15-13-18-14-20(31(29,30)25-19-9-7-16(8-10-19)22(24)27)11-12-21(18)26(15)23(28)17-5-3-2-4-6-17/h2-12,14-15,25H,13H2,1H3,(H2,24,27). The summed E-state index contributed by atoms with van der Waals surface area (Å²) < 4.78 is 28.2. The van der Waals surface area contributed by atoms with E-state index in [0.717, 1.165) is 5.56 Å². The molecule has 158 valence electrons. The molecule has 0 saturated carbocycles. The van der Waals surface area contributed by atoms with Gasteiger partial charge in [0.15, 0.2) is 0 Å². The topological polar surface area (TPSA) is 110 Å². The van der Waals surface area contributed by atoms with E-state index in [1.807, 2.05) is 25.1 Å². The van der Waals surface area contributed by atoms with Crippen LogP contribution in [0, 0.1) is 0 Å². The Hall–Kier alpha value is -3.65. The lowest BCUT2D eigenvalue weighted by molar-refractivity contribution is 0.0978. The van der Waals surface area contributed by atoms with Crippen LogP contribution in [0.5, 0.6) is 0 Å². The van der Waals surface area contributed by atoms with E-state index in [1.165, 1.54) is 30.3 Å². The van der Waals surface area contributed by atoms with Crippen LogP contribution in [0.25, 0.3) is 0 Å². The van der Waals surface area contributed by atoms with Crippen molar-refractivity contribution < 1.29 is 18.0 Å². The zero-order valence-corrected chi connectivity index (χ0v) is 17.6. The molecule has 31 heavy (non-hydrogen) atoms. The molecule has 7 nitrogen and oxygen atoms in total. The summed E-state index contributed by atoms with van der Waals surface area (Å²) in [6.45, 7) is 1.94. The number of rotatable bonds is 5. The number of hydrogen-bond donors (Lipinski definition) is 2. The number of carbonyl (C=O) groups is 2. The minimum Gasteiger partial charge on any atom is -0.366 e. The summed E-state index contributed by atoms with van der Waals surface area (Å²) in [4.78, 5) is 26.0.